The minimum absolute atomic E-state index is 0. The van der Waals surface area contributed by atoms with Crippen LogP contribution in [0.5, 0.6) is 11.5 Å². The van der Waals surface area contributed by atoms with Gasteiger partial charge in [0, 0.05) is 23.5 Å². The zero-order valence-electron chi connectivity index (χ0n) is 20.1. The fourth-order valence-electron chi connectivity index (χ4n) is 4.94. The molecule has 0 unspecified atom stereocenters. The number of aliphatic imine (C=N–C) groups is 1. The van der Waals surface area contributed by atoms with Crippen molar-refractivity contribution in [1.29, 1.82) is 0 Å². The number of hydrazone groups is 1. The van der Waals surface area contributed by atoms with Crippen LogP contribution in [0.3, 0.4) is 0 Å². The molecule has 1 fully saturated rings. The molecule has 35 heavy (non-hydrogen) atoms. The summed E-state index contributed by atoms with van der Waals surface area (Å²) >= 11 is 1.25. The number of methoxy groups -OCH3 is 2. The van der Waals surface area contributed by atoms with E-state index in [1.165, 1.54) is 35.9 Å². The van der Waals surface area contributed by atoms with Crippen LogP contribution in [0.1, 0.15) is 48.8 Å². The van der Waals surface area contributed by atoms with Gasteiger partial charge in [0.1, 0.15) is 5.84 Å². The number of fused-ring (bicyclic) bond motifs is 1. The Morgan fingerprint density at radius 1 is 1.09 bits per heavy atom. The van der Waals surface area contributed by atoms with Crippen LogP contribution in [-0.2, 0) is 6.42 Å². The molecule has 1 N–H and O–H groups in total. The zero-order chi connectivity index (χ0) is 23.5. The third-order valence-corrected chi connectivity index (χ3v) is 7.45. The predicted molar refractivity (Wildman–Crippen MR) is 145 cm³/mol. The molecule has 2 aromatic carbocycles. The third kappa shape index (κ3) is 5.43. The summed E-state index contributed by atoms with van der Waals surface area (Å²) in [4.78, 5) is 19.1. The molecule has 186 valence electrons. The Kier molecular flexibility index (Phi) is 8.23. The molecule has 9 heteroatoms. The number of thioether (sulfide) groups is 1. The van der Waals surface area contributed by atoms with E-state index in [1.807, 2.05) is 12.1 Å². The quantitative estimate of drug-likeness (QED) is 0.425. The Balaban J connectivity index is 0.00000289. The number of amides is 1. The van der Waals surface area contributed by atoms with Crippen molar-refractivity contribution in [2.45, 2.75) is 44.6 Å². The number of carbonyl (C=O) groups is 1. The Labute approximate surface area is 216 Å². The number of nitrogens with one attached hydrogen (secondary N) is 1. The number of halogens is 1. The second-order valence-electron chi connectivity index (χ2n) is 8.81. The van der Waals surface area contributed by atoms with Gasteiger partial charge in [0.05, 0.1) is 26.0 Å². The average molecular weight is 515 g/mol. The Morgan fingerprint density at radius 2 is 1.89 bits per heavy atom. The Morgan fingerprint density at radius 3 is 2.60 bits per heavy atom. The minimum atomic E-state index is -0.101. The van der Waals surface area contributed by atoms with Crippen LogP contribution >= 0.6 is 24.2 Å². The summed E-state index contributed by atoms with van der Waals surface area (Å²) in [5.41, 5.74) is 8.06. The molecule has 0 radical (unpaired) electrons. The van der Waals surface area contributed by atoms with Gasteiger partial charge >= 0.3 is 0 Å². The van der Waals surface area contributed by atoms with Gasteiger partial charge in [0.2, 0.25) is 0 Å². The molecule has 1 saturated carbocycles. The van der Waals surface area contributed by atoms with Crippen LogP contribution < -0.4 is 19.8 Å². The highest BCUT2D eigenvalue weighted by Gasteiger charge is 2.26. The van der Waals surface area contributed by atoms with E-state index in [0.29, 0.717) is 23.3 Å². The monoisotopic (exact) mass is 514 g/mol. The molecule has 0 bridgehead atoms. The SMILES string of the molecule is COc1ccc(C(=NC2CCCC2)N2CCCc3cc(C4=NNC(=O)SC4)ccc32)cc1OC.Cl. The molecule has 0 saturated heterocycles. The minimum Gasteiger partial charge on any atom is -0.493 e. The number of carbonyl (C=O) groups excluding carboxylic acids is 1. The van der Waals surface area contributed by atoms with Gasteiger partial charge in [-0.2, -0.15) is 5.10 Å². The number of amidine groups is 1. The van der Waals surface area contributed by atoms with Gasteiger partial charge in [0.25, 0.3) is 5.24 Å². The van der Waals surface area contributed by atoms with E-state index >= 15 is 0 Å². The van der Waals surface area contributed by atoms with E-state index in [2.05, 4.69) is 39.7 Å². The van der Waals surface area contributed by atoms with Gasteiger partial charge in [-0.1, -0.05) is 30.7 Å². The highest BCUT2D eigenvalue weighted by atomic mass is 35.5. The number of anilines is 1. The lowest BCUT2D eigenvalue weighted by molar-refractivity contribution is 0.261. The number of nitrogens with zero attached hydrogens (tertiary/aromatic N) is 3. The Bertz CT molecular complexity index is 1150. The first-order valence-electron chi connectivity index (χ1n) is 11.9. The van der Waals surface area contributed by atoms with Gasteiger partial charge in [-0.05, 0) is 67.1 Å². The summed E-state index contributed by atoms with van der Waals surface area (Å²) in [6.45, 7) is 0.916. The van der Waals surface area contributed by atoms with Gasteiger partial charge in [-0.25, -0.2) is 5.43 Å². The van der Waals surface area contributed by atoms with Crippen LogP contribution in [-0.4, -0.2) is 49.3 Å². The molecule has 5 rings (SSSR count). The van der Waals surface area contributed by atoms with E-state index in [-0.39, 0.29) is 17.6 Å². The van der Waals surface area contributed by atoms with Gasteiger partial charge in [-0.3, -0.25) is 9.79 Å². The lowest BCUT2D eigenvalue weighted by atomic mass is 9.96. The highest BCUT2D eigenvalue weighted by molar-refractivity contribution is 8.14. The number of benzene rings is 2. The van der Waals surface area contributed by atoms with Crippen LogP contribution in [0.2, 0.25) is 0 Å². The molecule has 2 aliphatic heterocycles. The molecule has 7 nitrogen and oxygen atoms in total. The molecule has 0 aromatic heterocycles. The normalized spacial score (nSPS) is 18.3. The van der Waals surface area contributed by atoms with Crippen LogP contribution in [0.15, 0.2) is 46.5 Å². The second-order valence-corrected chi connectivity index (χ2v) is 9.75. The number of rotatable bonds is 5. The van der Waals surface area contributed by atoms with Crippen molar-refractivity contribution >= 4 is 46.6 Å². The van der Waals surface area contributed by atoms with Crippen LogP contribution in [0.4, 0.5) is 10.5 Å². The van der Waals surface area contributed by atoms with E-state index in [1.54, 1.807) is 14.2 Å². The second kappa shape index (κ2) is 11.4. The van der Waals surface area contributed by atoms with Crippen molar-refractivity contribution in [3.05, 3.63) is 53.1 Å². The maximum Gasteiger partial charge on any atom is 0.299 e. The fourth-order valence-corrected chi connectivity index (χ4v) is 5.55. The Hall–Kier alpha value is -2.71. The summed E-state index contributed by atoms with van der Waals surface area (Å²) in [6, 6.07) is 12.9. The first-order valence-corrected chi connectivity index (χ1v) is 12.8. The first kappa shape index (κ1) is 25.4. The number of hydrogen-bond acceptors (Lipinski definition) is 6. The standard InChI is InChI=1S/C26H30N4O3S.ClH/c1-32-23-12-10-19(15-24(23)33-2)25(27-20-7-3-4-8-20)30-13-5-6-18-14-17(9-11-22(18)30)21-16-34-26(31)29-28-21;/h9-12,14-15,20H,3-8,13,16H2,1-2H3,(H,29,31);1H. The van der Waals surface area contributed by atoms with E-state index < -0.39 is 0 Å². The number of ether oxygens (including phenoxy) is 2. The number of aryl methyl sites for hydroxylation is 1. The largest absolute Gasteiger partial charge is 0.493 e. The zero-order valence-corrected chi connectivity index (χ0v) is 21.7. The summed E-state index contributed by atoms with van der Waals surface area (Å²) < 4.78 is 11.1. The lowest BCUT2D eigenvalue weighted by Crippen LogP contribution is -2.37. The van der Waals surface area contributed by atoms with E-state index in [4.69, 9.17) is 14.5 Å². The highest BCUT2D eigenvalue weighted by Crippen LogP contribution is 2.34. The van der Waals surface area contributed by atoms with Crippen LogP contribution in [0.25, 0.3) is 0 Å². The van der Waals surface area contributed by atoms with Crippen molar-refractivity contribution < 1.29 is 14.3 Å². The van der Waals surface area contributed by atoms with Crippen molar-refractivity contribution in [3.63, 3.8) is 0 Å². The molecule has 0 spiro atoms. The summed E-state index contributed by atoms with van der Waals surface area (Å²) in [6.07, 6.45) is 6.81. The summed E-state index contributed by atoms with van der Waals surface area (Å²) in [7, 11) is 3.33. The lowest BCUT2D eigenvalue weighted by Gasteiger charge is -2.33. The predicted octanol–water partition coefficient (Wildman–Crippen LogP) is 5.43. The van der Waals surface area contributed by atoms with Gasteiger partial charge < -0.3 is 14.4 Å². The van der Waals surface area contributed by atoms with Gasteiger partial charge in [-0.15, -0.1) is 12.4 Å². The molecular formula is C26H31ClN4O3S. The maximum absolute atomic E-state index is 11.5. The van der Waals surface area contributed by atoms with E-state index in [9.17, 15) is 4.79 Å². The molecular weight excluding hydrogens is 484 g/mol. The summed E-state index contributed by atoms with van der Waals surface area (Å²) in [5.74, 6) is 3.02. The van der Waals surface area contributed by atoms with Crippen molar-refractivity contribution in [1.82, 2.24) is 5.43 Å². The smallest absolute Gasteiger partial charge is 0.299 e. The van der Waals surface area contributed by atoms with Crippen molar-refractivity contribution in [3.8, 4) is 11.5 Å². The van der Waals surface area contributed by atoms with Crippen molar-refractivity contribution in [2.24, 2.45) is 10.1 Å². The topological polar surface area (TPSA) is 75.5 Å². The molecule has 0 atom stereocenters. The fraction of sp³-hybridized carbons (Fsp3) is 0.423. The van der Waals surface area contributed by atoms with E-state index in [0.717, 1.165) is 54.9 Å². The average Bonchev–Trinajstić information content (AvgIpc) is 3.40. The molecule has 2 aromatic rings. The number of hydrogen-bond donors (Lipinski definition) is 1. The molecule has 3 aliphatic rings. The molecule has 2 heterocycles. The third-order valence-electron chi connectivity index (χ3n) is 6.68. The first-order chi connectivity index (χ1) is 16.7. The van der Waals surface area contributed by atoms with Crippen molar-refractivity contribution in [2.75, 3.05) is 31.4 Å². The summed E-state index contributed by atoms with van der Waals surface area (Å²) in [5, 5.41) is 4.17. The maximum atomic E-state index is 11.5. The molecule has 1 amide bonds. The van der Waals surface area contributed by atoms with Crippen LogP contribution in [0, 0.1) is 0 Å². The molecule has 1 aliphatic carbocycles. The van der Waals surface area contributed by atoms with Gasteiger partial charge in [0.15, 0.2) is 11.5 Å².